The van der Waals surface area contributed by atoms with E-state index in [1.54, 1.807) is 0 Å². The fraction of sp³-hybridized carbons (Fsp3) is 0.250. The number of nitrogens with zero attached hydrogens (tertiary/aromatic N) is 2. The van der Waals surface area contributed by atoms with Crippen LogP contribution < -0.4 is 10.6 Å². The third-order valence-corrected chi connectivity index (χ3v) is 5.40. The molecule has 0 saturated carbocycles. The SMILES string of the molecule is CNc1ccc(-c2cccc(C(=O)NCCN3CCc4ccccc4C3)c2)cn1. The second-order valence-corrected chi connectivity index (χ2v) is 7.31. The molecule has 1 amide bonds. The average molecular weight is 386 g/mol. The topological polar surface area (TPSA) is 57.3 Å². The maximum absolute atomic E-state index is 12.6. The van der Waals surface area contributed by atoms with Crippen LogP contribution in [0.2, 0.25) is 0 Å². The fourth-order valence-electron chi connectivity index (χ4n) is 3.73. The van der Waals surface area contributed by atoms with Crippen molar-refractivity contribution in [2.24, 2.45) is 0 Å². The number of carbonyl (C=O) groups excluding carboxylic acids is 1. The molecule has 2 aromatic carbocycles. The Kier molecular flexibility index (Phi) is 5.86. The molecular weight excluding hydrogens is 360 g/mol. The van der Waals surface area contributed by atoms with Crippen molar-refractivity contribution in [3.63, 3.8) is 0 Å². The Labute approximate surface area is 171 Å². The summed E-state index contributed by atoms with van der Waals surface area (Å²) in [4.78, 5) is 19.4. The van der Waals surface area contributed by atoms with Gasteiger partial charge in [-0.3, -0.25) is 9.69 Å². The predicted octanol–water partition coefficient (Wildman–Crippen LogP) is 3.58. The van der Waals surface area contributed by atoms with Crippen molar-refractivity contribution in [2.45, 2.75) is 13.0 Å². The molecular formula is C24H26N4O. The number of benzene rings is 2. The van der Waals surface area contributed by atoms with Crippen LogP contribution in [0.4, 0.5) is 5.82 Å². The van der Waals surface area contributed by atoms with Crippen LogP contribution in [-0.4, -0.2) is 42.5 Å². The molecule has 0 saturated heterocycles. The van der Waals surface area contributed by atoms with Gasteiger partial charge < -0.3 is 10.6 Å². The summed E-state index contributed by atoms with van der Waals surface area (Å²) in [7, 11) is 1.84. The van der Waals surface area contributed by atoms with Crippen LogP contribution in [0.5, 0.6) is 0 Å². The van der Waals surface area contributed by atoms with E-state index in [2.05, 4.69) is 44.8 Å². The minimum atomic E-state index is -0.0379. The number of hydrogen-bond donors (Lipinski definition) is 2. The number of anilines is 1. The van der Waals surface area contributed by atoms with Gasteiger partial charge in [0.1, 0.15) is 5.82 Å². The Balaban J connectivity index is 1.33. The number of hydrogen-bond acceptors (Lipinski definition) is 4. The van der Waals surface area contributed by atoms with E-state index in [9.17, 15) is 4.79 Å². The van der Waals surface area contributed by atoms with Gasteiger partial charge in [0.15, 0.2) is 0 Å². The first-order valence-corrected chi connectivity index (χ1v) is 10.0. The summed E-state index contributed by atoms with van der Waals surface area (Å²) < 4.78 is 0. The summed E-state index contributed by atoms with van der Waals surface area (Å²) in [5.74, 6) is 0.784. The van der Waals surface area contributed by atoms with Gasteiger partial charge >= 0.3 is 0 Å². The van der Waals surface area contributed by atoms with Crippen LogP contribution in [0.25, 0.3) is 11.1 Å². The van der Waals surface area contributed by atoms with Crippen LogP contribution in [0.15, 0.2) is 66.9 Å². The van der Waals surface area contributed by atoms with Crippen molar-refractivity contribution in [1.29, 1.82) is 0 Å². The van der Waals surface area contributed by atoms with Crippen LogP contribution in [0, 0.1) is 0 Å². The molecule has 0 bridgehead atoms. The molecule has 0 radical (unpaired) electrons. The normalized spacial score (nSPS) is 13.6. The molecule has 5 heteroatoms. The number of pyridine rings is 1. The van der Waals surface area contributed by atoms with Crippen molar-refractivity contribution in [1.82, 2.24) is 15.2 Å². The van der Waals surface area contributed by atoms with E-state index in [1.807, 2.05) is 49.6 Å². The summed E-state index contributed by atoms with van der Waals surface area (Å²) in [5, 5.41) is 6.07. The molecule has 29 heavy (non-hydrogen) atoms. The minimum absolute atomic E-state index is 0.0379. The molecule has 2 N–H and O–H groups in total. The molecule has 148 valence electrons. The van der Waals surface area contributed by atoms with E-state index in [4.69, 9.17) is 0 Å². The van der Waals surface area contributed by atoms with Gasteiger partial charge in [-0.25, -0.2) is 4.98 Å². The summed E-state index contributed by atoms with van der Waals surface area (Å²) in [6, 6.07) is 20.2. The molecule has 4 rings (SSSR count). The van der Waals surface area contributed by atoms with Crippen molar-refractivity contribution in [2.75, 3.05) is 32.0 Å². The van der Waals surface area contributed by atoms with Gasteiger partial charge in [0.25, 0.3) is 5.91 Å². The molecule has 0 aliphatic carbocycles. The zero-order valence-corrected chi connectivity index (χ0v) is 16.7. The first-order chi connectivity index (χ1) is 14.2. The number of aromatic nitrogens is 1. The Morgan fingerprint density at radius 3 is 2.69 bits per heavy atom. The molecule has 0 atom stereocenters. The molecule has 0 spiro atoms. The second-order valence-electron chi connectivity index (χ2n) is 7.31. The van der Waals surface area contributed by atoms with Crippen LogP contribution in [-0.2, 0) is 13.0 Å². The second kappa shape index (κ2) is 8.88. The van der Waals surface area contributed by atoms with E-state index in [-0.39, 0.29) is 5.91 Å². The van der Waals surface area contributed by atoms with Gasteiger partial charge in [0, 0.05) is 50.6 Å². The number of amides is 1. The molecule has 0 unspecified atom stereocenters. The number of carbonyl (C=O) groups is 1. The highest BCUT2D eigenvalue weighted by Crippen LogP contribution is 2.21. The zero-order valence-electron chi connectivity index (χ0n) is 16.7. The monoisotopic (exact) mass is 386 g/mol. The van der Waals surface area contributed by atoms with Gasteiger partial charge in [0.2, 0.25) is 0 Å². The Hall–Kier alpha value is -3.18. The van der Waals surface area contributed by atoms with Gasteiger partial charge in [-0.2, -0.15) is 0 Å². The summed E-state index contributed by atoms with van der Waals surface area (Å²) in [6.07, 6.45) is 2.89. The lowest BCUT2D eigenvalue weighted by Crippen LogP contribution is -2.37. The molecule has 0 fully saturated rings. The zero-order chi connectivity index (χ0) is 20.1. The van der Waals surface area contributed by atoms with Gasteiger partial charge in [-0.15, -0.1) is 0 Å². The largest absolute Gasteiger partial charge is 0.373 e. The van der Waals surface area contributed by atoms with Crippen molar-refractivity contribution in [3.8, 4) is 11.1 Å². The third kappa shape index (κ3) is 4.63. The standard InChI is InChI=1S/C24H26N4O/c1-25-23-10-9-21(16-27-23)19-7-4-8-20(15-19)24(29)26-12-14-28-13-11-18-5-2-3-6-22(18)17-28/h2-10,15-16H,11-14,17H2,1H3,(H,25,27)(H,26,29). The van der Waals surface area contributed by atoms with Crippen molar-refractivity contribution in [3.05, 3.63) is 83.6 Å². The molecule has 1 aromatic heterocycles. The lowest BCUT2D eigenvalue weighted by atomic mass is 10.00. The van der Waals surface area contributed by atoms with Gasteiger partial charge in [-0.05, 0) is 47.4 Å². The van der Waals surface area contributed by atoms with Crippen LogP contribution in [0.3, 0.4) is 0 Å². The number of rotatable bonds is 6. The third-order valence-electron chi connectivity index (χ3n) is 5.40. The quantitative estimate of drug-likeness (QED) is 0.680. The maximum Gasteiger partial charge on any atom is 0.251 e. The summed E-state index contributed by atoms with van der Waals surface area (Å²) >= 11 is 0. The summed E-state index contributed by atoms with van der Waals surface area (Å²) in [5.41, 5.74) is 5.49. The minimum Gasteiger partial charge on any atom is -0.373 e. The smallest absolute Gasteiger partial charge is 0.251 e. The van der Waals surface area contributed by atoms with Gasteiger partial charge in [-0.1, -0.05) is 36.4 Å². The Morgan fingerprint density at radius 2 is 1.90 bits per heavy atom. The fourth-order valence-corrected chi connectivity index (χ4v) is 3.73. The van der Waals surface area contributed by atoms with Crippen LogP contribution >= 0.6 is 0 Å². The number of fused-ring (bicyclic) bond motifs is 1. The molecule has 5 nitrogen and oxygen atoms in total. The molecule has 3 aromatic rings. The molecule has 1 aliphatic heterocycles. The highest BCUT2D eigenvalue weighted by molar-refractivity contribution is 5.95. The average Bonchev–Trinajstić information content (AvgIpc) is 2.79. The van der Waals surface area contributed by atoms with E-state index in [0.29, 0.717) is 12.1 Å². The Morgan fingerprint density at radius 1 is 1.03 bits per heavy atom. The van der Waals surface area contributed by atoms with Gasteiger partial charge in [0.05, 0.1) is 0 Å². The molecule has 2 heterocycles. The molecule has 1 aliphatic rings. The van der Waals surface area contributed by atoms with E-state index in [0.717, 1.165) is 43.0 Å². The first kappa shape index (κ1) is 19.2. The predicted molar refractivity (Wildman–Crippen MR) is 117 cm³/mol. The lowest BCUT2D eigenvalue weighted by Gasteiger charge is -2.28. The van der Waals surface area contributed by atoms with Crippen molar-refractivity contribution >= 4 is 11.7 Å². The highest BCUT2D eigenvalue weighted by Gasteiger charge is 2.15. The number of nitrogens with one attached hydrogen (secondary N) is 2. The van der Waals surface area contributed by atoms with Crippen molar-refractivity contribution < 1.29 is 4.79 Å². The van der Waals surface area contributed by atoms with E-state index in [1.165, 1.54) is 11.1 Å². The van der Waals surface area contributed by atoms with E-state index < -0.39 is 0 Å². The van der Waals surface area contributed by atoms with Crippen LogP contribution in [0.1, 0.15) is 21.5 Å². The Bertz CT molecular complexity index is 984. The van der Waals surface area contributed by atoms with E-state index >= 15 is 0 Å². The lowest BCUT2D eigenvalue weighted by molar-refractivity contribution is 0.0947. The summed E-state index contributed by atoms with van der Waals surface area (Å²) in [6.45, 7) is 3.49. The first-order valence-electron chi connectivity index (χ1n) is 10.0. The maximum atomic E-state index is 12.6. The highest BCUT2D eigenvalue weighted by atomic mass is 16.1.